The fraction of sp³-hybridized carbons (Fsp3) is 1.00. The monoisotopic (exact) mass is 225 g/mol. The summed E-state index contributed by atoms with van der Waals surface area (Å²) < 4.78 is 5.55. The van der Waals surface area contributed by atoms with Crippen LogP contribution in [0.1, 0.15) is 52.4 Å². The maximum atomic E-state index is 5.55. The van der Waals surface area contributed by atoms with Gasteiger partial charge >= 0.3 is 0 Å². The van der Waals surface area contributed by atoms with Crippen LogP contribution < -0.4 is 5.32 Å². The third-order valence-electron chi connectivity index (χ3n) is 4.58. The summed E-state index contributed by atoms with van der Waals surface area (Å²) in [5.74, 6) is 0.840. The molecular formula is C14H27NO. The number of hydrogen-bond donors (Lipinski definition) is 1. The Kier molecular flexibility index (Phi) is 4.26. The van der Waals surface area contributed by atoms with Crippen LogP contribution in [0.3, 0.4) is 0 Å². The number of hydrogen-bond acceptors (Lipinski definition) is 2. The van der Waals surface area contributed by atoms with Gasteiger partial charge in [-0.1, -0.05) is 26.7 Å². The summed E-state index contributed by atoms with van der Waals surface area (Å²) in [7, 11) is 0. The molecule has 94 valence electrons. The molecule has 0 radical (unpaired) electrons. The Morgan fingerprint density at radius 1 is 1.31 bits per heavy atom. The molecule has 2 nitrogen and oxygen atoms in total. The number of ether oxygens (including phenoxy) is 1. The van der Waals surface area contributed by atoms with Crippen LogP contribution in [0.4, 0.5) is 0 Å². The van der Waals surface area contributed by atoms with Crippen molar-refractivity contribution in [2.45, 2.75) is 58.4 Å². The molecule has 2 aliphatic rings. The SMILES string of the molecule is CCCC(C)C1(CNC2CC2)CCOCC1. The molecule has 0 aromatic carbocycles. The van der Waals surface area contributed by atoms with E-state index in [1.165, 1.54) is 45.1 Å². The van der Waals surface area contributed by atoms with Crippen molar-refractivity contribution in [1.82, 2.24) is 5.32 Å². The zero-order chi connectivity index (χ0) is 11.4. The predicted octanol–water partition coefficient (Wildman–Crippen LogP) is 2.97. The third kappa shape index (κ3) is 2.98. The zero-order valence-electron chi connectivity index (χ0n) is 10.9. The minimum atomic E-state index is 0.525. The number of nitrogens with one attached hydrogen (secondary N) is 1. The smallest absolute Gasteiger partial charge is 0.0471 e. The van der Waals surface area contributed by atoms with E-state index in [9.17, 15) is 0 Å². The van der Waals surface area contributed by atoms with Crippen molar-refractivity contribution in [3.05, 3.63) is 0 Å². The van der Waals surface area contributed by atoms with Gasteiger partial charge in [0.1, 0.15) is 0 Å². The lowest BCUT2D eigenvalue weighted by molar-refractivity contribution is -0.0163. The summed E-state index contributed by atoms with van der Waals surface area (Å²) in [5, 5.41) is 3.75. The molecule has 2 fully saturated rings. The van der Waals surface area contributed by atoms with Crippen molar-refractivity contribution < 1.29 is 4.74 Å². The van der Waals surface area contributed by atoms with Gasteiger partial charge in [0.15, 0.2) is 0 Å². The quantitative estimate of drug-likeness (QED) is 0.750. The summed E-state index contributed by atoms with van der Waals surface area (Å²) >= 11 is 0. The summed E-state index contributed by atoms with van der Waals surface area (Å²) in [4.78, 5) is 0. The Morgan fingerprint density at radius 3 is 2.56 bits per heavy atom. The largest absolute Gasteiger partial charge is 0.381 e. The Bertz CT molecular complexity index is 207. The summed E-state index contributed by atoms with van der Waals surface area (Å²) in [6.07, 6.45) is 7.99. The average Bonchev–Trinajstić information content (AvgIpc) is 3.12. The average molecular weight is 225 g/mol. The van der Waals surface area contributed by atoms with Gasteiger partial charge in [0.2, 0.25) is 0 Å². The van der Waals surface area contributed by atoms with E-state index in [4.69, 9.17) is 4.74 Å². The van der Waals surface area contributed by atoms with Gasteiger partial charge in [0, 0.05) is 25.8 Å². The van der Waals surface area contributed by atoms with Gasteiger partial charge in [-0.3, -0.25) is 0 Å². The predicted molar refractivity (Wildman–Crippen MR) is 67.6 cm³/mol. The van der Waals surface area contributed by atoms with Gasteiger partial charge in [-0.15, -0.1) is 0 Å². The highest BCUT2D eigenvalue weighted by Gasteiger charge is 2.38. The van der Waals surface area contributed by atoms with Gasteiger partial charge in [0.25, 0.3) is 0 Å². The van der Waals surface area contributed by atoms with Crippen LogP contribution in [0.5, 0.6) is 0 Å². The summed E-state index contributed by atoms with van der Waals surface area (Å²) in [6.45, 7) is 7.92. The van der Waals surface area contributed by atoms with Crippen molar-refractivity contribution in [1.29, 1.82) is 0 Å². The van der Waals surface area contributed by atoms with Crippen LogP contribution in [-0.4, -0.2) is 25.8 Å². The second-order valence-electron chi connectivity index (χ2n) is 5.82. The molecule has 1 unspecified atom stereocenters. The van der Waals surface area contributed by atoms with Gasteiger partial charge in [-0.2, -0.15) is 0 Å². The molecule has 1 N–H and O–H groups in total. The molecule has 1 saturated carbocycles. The molecule has 1 heterocycles. The van der Waals surface area contributed by atoms with E-state index in [1.807, 2.05) is 0 Å². The lowest BCUT2D eigenvalue weighted by atomic mass is 9.69. The van der Waals surface area contributed by atoms with Crippen molar-refractivity contribution in [3.8, 4) is 0 Å². The Balaban J connectivity index is 1.91. The second-order valence-corrected chi connectivity index (χ2v) is 5.82. The van der Waals surface area contributed by atoms with Crippen molar-refractivity contribution in [2.75, 3.05) is 19.8 Å². The summed E-state index contributed by atoms with van der Waals surface area (Å²) in [5.41, 5.74) is 0.525. The van der Waals surface area contributed by atoms with Gasteiger partial charge in [-0.05, 0) is 37.0 Å². The van der Waals surface area contributed by atoms with Crippen molar-refractivity contribution in [2.24, 2.45) is 11.3 Å². The molecule has 0 amide bonds. The maximum Gasteiger partial charge on any atom is 0.0471 e. The molecule has 0 bridgehead atoms. The van der Waals surface area contributed by atoms with Crippen LogP contribution in [0.15, 0.2) is 0 Å². The summed E-state index contributed by atoms with van der Waals surface area (Å²) in [6, 6.07) is 0.841. The molecule has 0 aromatic heterocycles. The Labute approximate surface area is 100 Å². The highest BCUT2D eigenvalue weighted by molar-refractivity contribution is 4.91. The van der Waals surface area contributed by atoms with Gasteiger partial charge < -0.3 is 10.1 Å². The Hall–Kier alpha value is -0.0800. The molecule has 1 saturated heterocycles. The molecule has 1 aliphatic carbocycles. The standard InChI is InChI=1S/C14H27NO/c1-3-4-12(2)14(7-9-16-10-8-14)11-15-13-5-6-13/h12-13,15H,3-11H2,1-2H3. The highest BCUT2D eigenvalue weighted by atomic mass is 16.5. The second kappa shape index (κ2) is 5.50. The third-order valence-corrected chi connectivity index (χ3v) is 4.58. The van der Waals surface area contributed by atoms with Crippen molar-refractivity contribution in [3.63, 3.8) is 0 Å². The van der Waals surface area contributed by atoms with Gasteiger partial charge in [0.05, 0.1) is 0 Å². The molecule has 0 aromatic rings. The molecule has 16 heavy (non-hydrogen) atoms. The molecule has 1 aliphatic heterocycles. The molecule has 2 heteroatoms. The molecule has 2 rings (SSSR count). The van der Waals surface area contributed by atoms with Crippen molar-refractivity contribution >= 4 is 0 Å². The van der Waals surface area contributed by atoms with E-state index in [1.54, 1.807) is 0 Å². The molecular weight excluding hydrogens is 198 g/mol. The lowest BCUT2D eigenvalue weighted by Crippen LogP contribution is -2.44. The topological polar surface area (TPSA) is 21.3 Å². The van der Waals surface area contributed by atoms with E-state index >= 15 is 0 Å². The van der Waals surface area contributed by atoms with E-state index in [0.717, 1.165) is 25.2 Å². The van der Waals surface area contributed by atoms with E-state index < -0.39 is 0 Å². The first-order valence-corrected chi connectivity index (χ1v) is 7.08. The zero-order valence-corrected chi connectivity index (χ0v) is 10.9. The maximum absolute atomic E-state index is 5.55. The normalized spacial score (nSPS) is 26.6. The number of rotatable bonds is 6. The first kappa shape index (κ1) is 12.4. The minimum Gasteiger partial charge on any atom is -0.381 e. The van der Waals surface area contributed by atoms with Crippen LogP contribution in [0, 0.1) is 11.3 Å². The molecule has 1 atom stereocenters. The van der Waals surface area contributed by atoms with Crippen LogP contribution in [0.25, 0.3) is 0 Å². The minimum absolute atomic E-state index is 0.525. The fourth-order valence-corrected chi connectivity index (χ4v) is 3.00. The van der Waals surface area contributed by atoms with Crippen LogP contribution in [0.2, 0.25) is 0 Å². The van der Waals surface area contributed by atoms with Crippen LogP contribution >= 0.6 is 0 Å². The Morgan fingerprint density at radius 2 is 2.00 bits per heavy atom. The van der Waals surface area contributed by atoms with Gasteiger partial charge in [-0.25, -0.2) is 0 Å². The van der Waals surface area contributed by atoms with E-state index in [2.05, 4.69) is 19.2 Å². The van der Waals surface area contributed by atoms with E-state index in [0.29, 0.717) is 5.41 Å². The molecule has 0 spiro atoms. The first-order chi connectivity index (χ1) is 7.77. The van der Waals surface area contributed by atoms with E-state index in [-0.39, 0.29) is 0 Å². The first-order valence-electron chi connectivity index (χ1n) is 7.08. The fourth-order valence-electron chi connectivity index (χ4n) is 3.00. The highest BCUT2D eigenvalue weighted by Crippen LogP contribution is 2.40. The lowest BCUT2D eigenvalue weighted by Gasteiger charge is -2.42. The van der Waals surface area contributed by atoms with Crippen LogP contribution in [-0.2, 0) is 4.74 Å².